The number of nitrogens with zero attached hydrogens (tertiary/aromatic N) is 1. The Bertz CT molecular complexity index is 1340. The Kier molecular flexibility index (Phi) is 5.30. The van der Waals surface area contributed by atoms with Crippen LogP contribution in [0, 0.1) is 28.6 Å². The van der Waals surface area contributed by atoms with Crippen molar-refractivity contribution in [1.29, 1.82) is 0 Å². The Morgan fingerprint density at radius 3 is 2.29 bits per heavy atom. The highest BCUT2D eigenvalue weighted by Gasteiger charge is 2.65. The maximum atomic E-state index is 13.0. The van der Waals surface area contributed by atoms with Crippen molar-refractivity contribution < 1.29 is 31.9 Å². The summed E-state index contributed by atoms with van der Waals surface area (Å²) in [6.07, 6.45) is 5.97. The van der Waals surface area contributed by atoms with Crippen molar-refractivity contribution in [1.82, 2.24) is 5.06 Å². The Labute approximate surface area is 204 Å². The summed E-state index contributed by atoms with van der Waals surface area (Å²) >= 11 is 0. The lowest BCUT2D eigenvalue weighted by molar-refractivity contribution is -0.146. The third-order valence-electron chi connectivity index (χ3n) is 8.61. The topological polar surface area (TPSA) is 115 Å². The highest BCUT2D eigenvalue weighted by atomic mass is 32.2. The zero-order valence-electron chi connectivity index (χ0n) is 19.8. The monoisotopic (exact) mass is 497 g/mol. The van der Waals surface area contributed by atoms with Crippen LogP contribution in [0.3, 0.4) is 0 Å². The zero-order valence-corrected chi connectivity index (χ0v) is 20.6. The molecule has 1 aromatic carbocycles. The van der Waals surface area contributed by atoms with E-state index in [2.05, 4.69) is 0 Å². The first-order valence-electron chi connectivity index (χ1n) is 11.7. The van der Waals surface area contributed by atoms with Crippen LogP contribution in [0.2, 0.25) is 0 Å². The lowest BCUT2D eigenvalue weighted by Gasteiger charge is -2.36. The predicted molar refractivity (Wildman–Crippen MR) is 126 cm³/mol. The molecule has 0 saturated heterocycles. The highest BCUT2D eigenvalue weighted by molar-refractivity contribution is 7.86. The van der Waals surface area contributed by atoms with Gasteiger partial charge in [0.15, 0.2) is 11.6 Å². The number of likely N-dealkylation sites (N-methyl/N-ethyl adjacent to an activating group) is 1. The van der Waals surface area contributed by atoms with Gasteiger partial charge in [0, 0.05) is 30.2 Å². The molecule has 0 spiro atoms. The summed E-state index contributed by atoms with van der Waals surface area (Å²) in [7, 11) is -3.09. The summed E-state index contributed by atoms with van der Waals surface area (Å²) in [5.41, 5.74) is -0.754. The normalized spacial score (nSPS) is 30.7. The first kappa shape index (κ1) is 23.8. The van der Waals surface area contributed by atoms with Gasteiger partial charge in [-0.3, -0.25) is 19.2 Å². The predicted octanol–water partition coefficient (Wildman–Crippen LogP) is 2.91. The molecule has 1 aromatic rings. The van der Waals surface area contributed by atoms with E-state index in [1.165, 1.54) is 25.3 Å². The Morgan fingerprint density at radius 2 is 1.71 bits per heavy atom. The first-order chi connectivity index (χ1) is 16.4. The van der Waals surface area contributed by atoms with Gasteiger partial charge in [-0.2, -0.15) is 8.42 Å². The van der Waals surface area contributed by atoms with Crippen LogP contribution in [0.25, 0.3) is 0 Å². The second-order valence-corrected chi connectivity index (χ2v) is 12.1. The average Bonchev–Trinajstić information content (AvgIpc) is 3.15. The van der Waals surface area contributed by atoms with Crippen LogP contribution in [0.4, 0.5) is 0 Å². The molecule has 8 nitrogen and oxygen atoms in total. The van der Waals surface area contributed by atoms with Gasteiger partial charge in [-0.05, 0) is 24.2 Å². The van der Waals surface area contributed by atoms with Gasteiger partial charge in [-0.15, -0.1) is 4.28 Å². The smallest absolute Gasteiger partial charge is 0.289 e. The van der Waals surface area contributed by atoms with Crippen LogP contribution in [0.5, 0.6) is 0 Å². The van der Waals surface area contributed by atoms with Crippen molar-refractivity contribution in [2.45, 2.75) is 33.1 Å². The quantitative estimate of drug-likeness (QED) is 0.575. The number of fused-ring (bicyclic) bond motifs is 4. The van der Waals surface area contributed by atoms with E-state index in [1.54, 1.807) is 24.3 Å². The van der Waals surface area contributed by atoms with E-state index in [0.717, 1.165) is 6.42 Å². The minimum absolute atomic E-state index is 0.0563. The maximum Gasteiger partial charge on any atom is 0.289 e. The minimum Gasteiger partial charge on any atom is -0.299 e. The van der Waals surface area contributed by atoms with Crippen LogP contribution in [-0.4, -0.2) is 49.5 Å². The van der Waals surface area contributed by atoms with Crippen LogP contribution in [0.1, 0.15) is 53.8 Å². The zero-order chi connectivity index (χ0) is 25.3. The van der Waals surface area contributed by atoms with E-state index in [-0.39, 0.29) is 28.8 Å². The van der Waals surface area contributed by atoms with Crippen LogP contribution in [-0.2, 0) is 24.0 Å². The van der Waals surface area contributed by atoms with Crippen LogP contribution < -0.4 is 0 Å². The molecule has 4 unspecified atom stereocenters. The van der Waals surface area contributed by atoms with E-state index in [0.29, 0.717) is 29.0 Å². The standard InChI is InChI=1S/C26H27NO7S/c1-25(2)16-10-11-26(25,21(28)13-16)14-35(32,33)34-27(3)24(31)15-8-9-19-20(12-15)23(30)18-7-5-4-6-17(18)22(19)29/h4-9,12,16,19-20H,10-11,13-14H2,1-3H3. The fourth-order valence-corrected chi connectivity index (χ4v) is 8.15. The van der Waals surface area contributed by atoms with Crippen molar-refractivity contribution in [3.63, 3.8) is 0 Å². The fourth-order valence-electron chi connectivity index (χ4n) is 6.41. The van der Waals surface area contributed by atoms with Crippen molar-refractivity contribution in [2.24, 2.45) is 28.6 Å². The van der Waals surface area contributed by atoms with E-state index in [9.17, 15) is 27.6 Å². The Hall–Kier alpha value is -2.91. The van der Waals surface area contributed by atoms with Gasteiger partial charge in [-0.1, -0.05) is 56.3 Å². The summed E-state index contributed by atoms with van der Waals surface area (Å²) < 4.78 is 31.0. The number of benzene rings is 1. The number of ketones is 3. The van der Waals surface area contributed by atoms with E-state index in [1.807, 2.05) is 13.8 Å². The first-order valence-corrected chi connectivity index (χ1v) is 13.3. The number of rotatable bonds is 5. The Morgan fingerprint density at radius 1 is 1.09 bits per heavy atom. The number of carbonyl (C=O) groups is 4. The van der Waals surface area contributed by atoms with Crippen LogP contribution >= 0.6 is 0 Å². The molecule has 0 radical (unpaired) electrons. The number of hydroxylamine groups is 2. The molecule has 4 aliphatic rings. The maximum absolute atomic E-state index is 13.0. The molecule has 0 heterocycles. The molecule has 0 aliphatic heterocycles. The van der Waals surface area contributed by atoms with Crippen molar-refractivity contribution in [3.05, 3.63) is 59.2 Å². The number of hydrogen-bond donors (Lipinski definition) is 0. The average molecular weight is 498 g/mol. The summed E-state index contributed by atoms with van der Waals surface area (Å²) in [5, 5.41) is 0.615. The third-order valence-corrected chi connectivity index (χ3v) is 9.91. The summed E-state index contributed by atoms with van der Waals surface area (Å²) in [4.78, 5) is 51.6. The van der Waals surface area contributed by atoms with Gasteiger partial charge in [0.1, 0.15) is 5.78 Å². The molecular weight excluding hydrogens is 470 g/mol. The summed E-state index contributed by atoms with van der Waals surface area (Å²) in [6, 6.07) is 6.56. The van der Waals surface area contributed by atoms with E-state index in [4.69, 9.17) is 4.28 Å². The molecule has 184 valence electrons. The minimum atomic E-state index is -4.27. The van der Waals surface area contributed by atoms with Gasteiger partial charge in [0.25, 0.3) is 16.0 Å². The molecule has 5 rings (SSSR count). The second-order valence-electron chi connectivity index (χ2n) is 10.6. The molecule has 0 N–H and O–H groups in total. The van der Waals surface area contributed by atoms with Gasteiger partial charge in [-0.25, -0.2) is 5.06 Å². The van der Waals surface area contributed by atoms with Gasteiger partial charge >= 0.3 is 0 Å². The molecule has 4 aliphatic carbocycles. The second kappa shape index (κ2) is 7.80. The molecule has 2 bridgehead atoms. The highest BCUT2D eigenvalue weighted by Crippen LogP contribution is 2.64. The van der Waals surface area contributed by atoms with E-state index < -0.39 is 44.4 Å². The number of carbonyl (C=O) groups excluding carboxylic acids is 4. The number of amides is 1. The molecule has 35 heavy (non-hydrogen) atoms. The number of hydrogen-bond acceptors (Lipinski definition) is 7. The summed E-state index contributed by atoms with van der Waals surface area (Å²) in [6.45, 7) is 3.85. The third kappa shape index (κ3) is 3.47. The molecular formula is C26H27NO7S. The molecule has 2 fully saturated rings. The largest absolute Gasteiger partial charge is 0.299 e. The van der Waals surface area contributed by atoms with Crippen LogP contribution in [0.15, 0.2) is 48.1 Å². The molecule has 4 atom stereocenters. The van der Waals surface area contributed by atoms with Gasteiger partial charge in [0.2, 0.25) is 0 Å². The SMILES string of the molecule is CN(OS(=O)(=O)CC12CCC(CC1=O)C2(C)C)C(=O)C1=CC2C(=O)c3ccccc3C(=O)C2C=C1. The van der Waals surface area contributed by atoms with E-state index >= 15 is 0 Å². The number of allylic oxidation sites excluding steroid dienone is 2. The van der Waals surface area contributed by atoms with Crippen molar-refractivity contribution in [3.8, 4) is 0 Å². The molecule has 9 heteroatoms. The fraction of sp³-hybridized carbons (Fsp3) is 0.462. The summed E-state index contributed by atoms with van der Waals surface area (Å²) in [5.74, 6) is -3.20. The van der Waals surface area contributed by atoms with Crippen molar-refractivity contribution in [2.75, 3.05) is 12.8 Å². The molecule has 0 aromatic heterocycles. The lowest BCUT2D eigenvalue weighted by atomic mass is 9.70. The van der Waals surface area contributed by atoms with Crippen molar-refractivity contribution >= 4 is 33.4 Å². The lowest BCUT2D eigenvalue weighted by Crippen LogP contribution is -2.44. The Balaban J connectivity index is 1.34. The van der Waals surface area contributed by atoms with Gasteiger partial charge < -0.3 is 0 Å². The molecule has 2 saturated carbocycles. The molecule has 1 amide bonds. The van der Waals surface area contributed by atoms with Gasteiger partial charge in [0.05, 0.1) is 23.0 Å². The number of Topliss-reactive ketones (excluding diaryl/α,β-unsaturated/α-hetero) is 3.